The van der Waals surface area contributed by atoms with E-state index in [1.165, 1.54) is 6.07 Å². The van der Waals surface area contributed by atoms with Gasteiger partial charge in [0.2, 0.25) is 0 Å². The van der Waals surface area contributed by atoms with Crippen LogP contribution in [0.4, 0.5) is 30.7 Å². The number of aromatic nitrogens is 2. The van der Waals surface area contributed by atoms with Gasteiger partial charge >= 0.3 is 24.3 Å². The molecule has 16 heteroatoms. The number of aryl methyl sites for hydroxylation is 1. The molecule has 2 aliphatic rings. The highest BCUT2D eigenvalue weighted by Crippen LogP contribution is 2.36. The van der Waals surface area contributed by atoms with Crippen molar-refractivity contribution < 1.29 is 60.0 Å². The zero-order valence-corrected chi connectivity index (χ0v) is 21.0. The van der Waals surface area contributed by atoms with E-state index in [4.69, 9.17) is 29.3 Å². The number of ether oxygens (including phenoxy) is 2. The average molecular weight is 585 g/mol. The smallest absolute Gasteiger partial charge is 0.475 e. The molecule has 0 aromatic carbocycles. The van der Waals surface area contributed by atoms with Gasteiger partial charge in [-0.25, -0.2) is 19.0 Å². The lowest BCUT2D eigenvalue weighted by Crippen LogP contribution is -2.47. The summed E-state index contributed by atoms with van der Waals surface area (Å²) in [5.74, 6) is -5.88. The normalized spacial score (nSPS) is 21.1. The van der Waals surface area contributed by atoms with Gasteiger partial charge in [0.1, 0.15) is 6.10 Å². The fourth-order valence-electron chi connectivity index (χ4n) is 4.02. The van der Waals surface area contributed by atoms with Gasteiger partial charge in [-0.15, -0.1) is 0 Å². The molecule has 40 heavy (non-hydrogen) atoms. The molecule has 0 saturated carbocycles. The van der Waals surface area contributed by atoms with Gasteiger partial charge in [-0.05, 0) is 50.6 Å². The average Bonchev–Trinajstić information content (AvgIpc) is 3.21. The lowest BCUT2D eigenvalue weighted by Gasteiger charge is -2.39. The van der Waals surface area contributed by atoms with Gasteiger partial charge in [0, 0.05) is 31.4 Å². The van der Waals surface area contributed by atoms with E-state index in [0.29, 0.717) is 6.61 Å². The van der Waals surface area contributed by atoms with Crippen LogP contribution in [0.15, 0.2) is 36.5 Å². The number of likely N-dealkylation sites (tertiary alicyclic amines) is 1. The molecule has 222 valence electrons. The maximum atomic E-state index is 13.8. The zero-order valence-electron chi connectivity index (χ0n) is 21.0. The van der Waals surface area contributed by atoms with E-state index in [1.54, 1.807) is 12.3 Å². The first-order chi connectivity index (χ1) is 18.5. The lowest BCUT2D eigenvalue weighted by atomic mass is 9.89. The van der Waals surface area contributed by atoms with Crippen LogP contribution in [0.1, 0.15) is 30.7 Å². The van der Waals surface area contributed by atoms with Crippen molar-refractivity contribution in [2.45, 2.75) is 56.8 Å². The Morgan fingerprint density at radius 1 is 1.10 bits per heavy atom. The summed E-state index contributed by atoms with van der Waals surface area (Å²) in [5.41, 5.74) is 1.92. The van der Waals surface area contributed by atoms with Crippen molar-refractivity contribution in [2.24, 2.45) is 0 Å². The van der Waals surface area contributed by atoms with Gasteiger partial charge in [-0.2, -0.15) is 26.3 Å². The van der Waals surface area contributed by atoms with Crippen LogP contribution in [0.2, 0.25) is 0 Å². The number of carbonyl (C=O) groups is 2. The molecule has 4 heterocycles. The van der Waals surface area contributed by atoms with Gasteiger partial charge in [0.25, 0.3) is 5.88 Å². The quantitative estimate of drug-likeness (QED) is 0.503. The van der Waals surface area contributed by atoms with E-state index in [9.17, 15) is 30.7 Å². The Bertz CT molecular complexity index is 1120. The molecule has 2 aromatic rings. The van der Waals surface area contributed by atoms with E-state index in [1.807, 2.05) is 13.0 Å². The van der Waals surface area contributed by atoms with Crippen LogP contribution in [0, 0.1) is 12.7 Å². The Morgan fingerprint density at radius 2 is 1.73 bits per heavy atom. The Kier molecular flexibility index (Phi) is 11.2. The van der Waals surface area contributed by atoms with Crippen molar-refractivity contribution in [3.05, 3.63) is 53.7 Å². The largest absolute Gasteiger partial charge is 0.490 e. The van der Waals surface area contributed by atoms with Gasteiger partial charge in [0.15, 0.2) is 5.82 Å². The molecule has 0 amide bonds. The maximum absolute atomic E-state index is 13.8. The van der Waals surface area contributed by atoms with Crippen LogP contribution in [-0.2, 0) is 20.9 Å². The molecular weight excluding hydrogens is 559 g/mol. The summed E-state index contributed by atoms with van der Waals surface area (Å²) in [7, 11) is 0. The SMILES string of the molecule is Cc1cccc(CN2CCC[C@]3(C[C@H](Oc4ncccc4F)CO3)C2)n1.O=C(O)C(F)(F)F.O=C(O)C(F)(F)F. The summed E-state index contributed by atoms with van der Waals surface area (Å²) >= 11 is 0. The summed E-state index contributed by atoms with van der Waals surface area (Å²) in [6.07, 6.45) is -5.93. The second-order valence-electron chi connectivity index (χ2n) is 8.92. The Hall–Kier alpha value is -3.53. The molecule has 2 atom stereocenters. The third kappa shape index (κ3) is 10.6. The minimum atomic E-state index is -5.08. The highest BCUT2D eigenvalue weighted by molar-refractivity contribution is 5.73. The molecule has 0 aliphatic carbocycles. The number of rotatable bonds is 4. The van der Waals surface area contributed by atoms with Crippen LogP contribution in [-0.4, -0.2) is 80.8 Å². The van der Waals surface area contributed by atoms with Crippen molar-refractivity contribution in [3.8, 4) is 5.88 Å². The summed E-state index contributed by atoms with van der Waals surface area (Å²) in [5, 5.41) is 14.2. The fraction of sp³-hybridized carbons (Fsp3) is 0.500. The number of aliphatic carboxylic acids is 2. The van der Waals surface area contributed by atoms with Crippen LogP contribution in [0.3, 0.4) is 0 Å². The number of piperidine rings is 1. The molecule has 1 spiro atoms. The number of hydrogen-bond donors (Lipinski definition) is 2. The molecule has 2 fully saturated rings. The van der Waals surface area contributed by atoms with Gasteiger partial charge < -0.3 is 19.7 Å². The Balaban J connectivity index is 0.000000333. The number of hydrogen-bond acceptors (Lipinski definition) is 7. The topological polar surface area (TPSA) is 122 Å². The third-order valence-corrected chi connectivity index (χ3v) is 5.61. The van der Waals surface area contributed by atoms with E-state index < -0.39 is 30.1 Å². The van der Waals surface area contributed by atoms with Crippen molar-refractivity contribution >= 4 is 11.9 Å². The first kappa shape index (κ1) is 32.7. The number of carboxylic acid groups (broad SMARTS) is 2. The fourth-order valence-corrected chi connectivity index (χ4v) is 4.02. The third-order valence-electron chi connectivity index (χ3n) is 5.61. The van der Waals surface area contributed by atoms with Crippen LogP contribution < -0.4 is 4.74 Å². The highest BCUT2D eigenvalue weighted by atomic mass is 19.4. The Labute approximate surface area is 223 Å². The first-order valence-electron chi connectivity index (χ1n) is 11.7. The van der Waals surface area contributed by atoms with Crippen LogP contribution in [0.5, 0.6) is 5.88 Å². The number of pyridine rings is 2. The first-order valence-corrected chi connectivity index (χ1v) is 11.7. The summed E-state index contributed by atoms with van der Waals surface area (Å²) in [6, 6.07) is 9.06. The molecule has 4 rings (SSSR count). The van der Waals surface area contributed by atoms with Crippen LogP contribution >= 0.6 is 0 Å². The number of nitrogens with zero attached hydrogens (tertiary/aromatic N) is 3. The van der Waals surface area contributed by atoms with Gasteiger partial charge in [-0.1, -0.05) is 6.07 Å². The van der Waals surface area contributed by atoms with E-state index in [-0.39, 0.29) is 17.6 Å². The molecule has 0 radical (unpaired) electrons. The summed E-state index contributed by atoms with van der Waals surface area (Å²) in [6.45, 7) is 5.22. The maximum Gasteiger partial charge on any atom is 0.490 e. The van der Waals surface area contributed by atoms with Crippen molar-refractivity contribution in [2.75, 3.05) is 19.7 Å². The molecule has 0 bridgehead atoms. The molecule has 2 aromatic heterocycles. The molecule has 0 unspecified atom stereocenters. The zero-order chi connectivity index (χ0) is 30.1. The van der Waals surface area contributed by atoms with Crippen molar-refractivity contribution in [1.82, 2.24) is 14.9 Å². The monoisotopic (exact) mass is 585 g/mol. The Morgan fingerprint density at radius 3 is 2.27 bits per heavy atom. The number of carboxylic acids is 2. The molecule has 2 N–H and O–H groups in total. The summed E-state index contributed by atoms with van der Waals surface area (Å²) < 4.78 is 89.2. The molecule has 2 saturated heterocycles. The standard InChI is InChI=1S/C20H24FN3O2.2C2HF3O2/c1-15-5-2-6-16(23-15)12-24-10-4-8-20(14-24)11-17(13-25-20)26-19-18(21)7-3-9-22-19;2*3-2(4,5)1(6)7/h2-3,5-7,9,17H,4,8,10-14H2,1H3;2*(H,6,7)/t17-,20-;;/m0../s1. The highest BCUT2D eigenvalue weighted by Gasteiger charge is 2.44. The van der Waals surface area contributed by atoms with Gasteiger partial charge in [0.05, 0.1) is 17.9 Å². The second kappa shape index (κ2) is 13.7. The van der Waals surface area contributed by atoms with Gasteiger partial charge in [-0.3, -0.25) is 9.88 Å². The minimum absolute atomic E-state index is 0.0646. The lowest BCUT2D eigenvalue weighted by molar-refractivity contribution is -0.193. The van der Waals surface area contributed by atoms with E-state index in [2.05, 4.69) is 27.0 Å². The van der Waals surface area contributed by atoms with E-state index in [0.717, 1.165) is 50.3 Å². The van der Waals surface area contributed by atoms with E-state index >= 15 is 0 Å². The molecule has 9 nitrogen and oxygen atoms in total. The van der Waals surface area contributed by atoms with Crippen molar-refractivity contribution in [3.63, 3.8) is 0 Å². The van der Waals surface area contributed by atoms with Crippen molar-refractivity contribution in [1.29, 1.82) is 0 Å². The molecular formula is C24H26F7N3O6. The number of alkyl halides is 6. The minimum Gasteiger partial charge on any atom is -0.475 e. The predicted octanol–water partition coefficient (Wildman–Crippen LogP) is 4.39. The van der Waals surface area contributed by atoms with Crippen LogP contribution in [0.25, 0.3) is 0 Å². The second-order valence-corrected chi connectivity index (χ2v) is 8.92. The number of halogens is 7. The molecule has 2 aliphatic heterocycles. The predicted molar refractivity (Wildman–Crippen MR) is 123 cm³/mol. The summed E-state index contributed by atoms with van der Waals surface area (Å²) in [4.78, 5) is 28.8.